The van der Waals surface area contributed by atoms with E-state index < -0.39 is 0 Å². The summed E-state index contributed by atoms with van der Waals surface area (Å²) in [5, 5.41) is 3.01. The molecule has 1 unspecified atom stereocenters. The summed E-state index contributed by atoms with van der Waals surface area (Å²) in [7, 11) is 0. The van der Waals surface area contributed by atoms with Gasteiger partial charge in [0.05, 0.1) is 6.04 Å². The van der Waals surface area contributed by atoms with Crippen molar-refractivity contribution in [3.8, 4) is 0 Å². The second-order valence-corrected chi connectivity index (χ2v) is 6.73. The number of benzene rings is 2. The number of anilines is 2. The number of carbonyl (C=O) groups is 1. The Kier molecular flexibility index (Phi) is 4.57. The number of allylic oxidation sites excluding steroid dienone is 1. The van der Waals surface area contributed by atoms with Crippen molar-refractivity contribution in [1.29, 1.82) is 0 Å². The molecule has 2 heterocycles. The van der Waals surface area contributed by atoms with E-state index >= 15 is 0 Å². The molecule has 28 heavy (non-hydrogen) atoms. The summed E-state index contributed by atoms with van der Waals surface area (Å²) < 4.78 is 13.3. The first-order valence-corrected chi connectivity index (χ1v) is 9.04. The number of amides is 1. The maximum Gasteiger partial charge on any atom is 0.268 e. The molecule has 1 amide bonds. The Balaban J connectivity index is 1.61. The van der Waals surface area contributed by atoms with Crippen LogP contribution in [0.2, 0.25) is 0 Å². The van der Waals surface area contributed by atoms with Crippen LogP contribution in [0.5, 0.6) is 0 Å². The van der Waals surface area contributed by atoms with Crippen LogP contribution in [-0.2, 0) is 0 Å². The SMILES string of the molecule is C=C1C=Cc2cc(C(=O)NC(C)c3ccccc3)[nH]c2N1c1ccc(F)cc1. The number of carbonyl (C=O) groups excluding carboxylic acids is 1. The van der Waals surface area contributed by atoms with Crippen LogP contribution in [0.15, 0.2) is 79.0 Å². The van der Waals surface area contributed by atoms with E-state index in [9.17, 15) is 9.18 Å². The molecule has 0 aliphatic carbocycles. The maximum absolute atomic E-state index is 13.3. The second-order valence-electron chi connectivity index (χ2n) is 6.73. The van der Waals surface area contributed by atoms with Crippen molar-refractivity contribution in [2.75, 3.05) is 4.90 Å². The van der Waals surface area contributed by atoms with Gasteiger partial charge in [-0.15, -0.1) is 0 Å². The van der Waals surface area contributed by atoms with Gasteiger partial charge in [-0.25, -0.2) is 4.39 Å². The molecule has 4 rings (SSSR count). The largest absolute Gasteiger partial charge is 0.344 e. The summed E-state index contributed by atoms with van der Waals surface area (Å²) in [4.78, 5) is 17.8. The fourth-order valence-electron chi connectivity index (χ4n) is 3.28. The van der Waals surface area contributed by atoms with Crippen LogP contribution in [0.3, 0.4) is 0 Å². The molecule has 5 heteroatoms. The van der Waals surface area contributed by atoms with Crippen LogP contribution in [0.4, 0.5) is 15.9 Å². The number of aromatic nitrogens is 1. The molecule has 1 aromatic heterocycles. The van der Waals surface area contributed by atoms with Crippen molar-refractivity contribution < 1.29 is 9.18 Å². The molecule has 0 saturated carbocycles. The van der Waals surface area contributed by atoms with Crippen LogP contribution < -0.4 is 10.2 Å². The van der Waals surface area contributed by atoms with Crippen molar-refractivity contribution in [2.24, 2.45) is 0 Å². The summed E-state index contributed by atoms with van der Waals surface area (Å²) >= 11 is 0. The number of aromatic amines is 1. The quantitative estimate of drug-likeness (QED) is 0.650. The number of H-pyrrole nitrogens is 1. The van der Waals surface area contributed by atoms with E-state index in [4.69, 9.17) is 0 Å². The van der Waals surface area contributed by atoms with E-state index in [0.29, 0.717) is 5.69 Å². The normalized spacial score (nSPS) is 13.9. The number of nitrogens with one attached hydrogen (secondary N) is 2. The molecule has 0 fully saturated rings. The minimum atomic E-state index is -0.302. The van der Waals surface area contributed by atoms with Crippen molar-refractivity contribution in [3.05, 3.63) is 102 Å². The summed E-state index contributed by atoms with van der Waals surface area (Å²) in [6.07, 6.45) is 3.78. The van der Waals surface area contributed by atoms with Gasteiger partial charge in [-0.1, -0.05) is 36.9 Å². The van der Waals surface area contributed by atoms with Crippen molar-refractivity contribution in [2.45, 2.75) is 13.0 Å². The van der Waals surface area contributed by atoms with Gasteiger partial charge < -0.3 is 10.3 Å². The number of nitrogens with zero attached hydrogens (tertiary/aromatic N) is 1. The predicted octanol–water partition coefficient (Wildman–Crippen LogP) is 5.32. The fraction of sp³-hybridized carbons (Fsp3) is 0.0870. The molecule has 140 valence electrons. The third-order valence-corrected chi connectivity index (χ3v) is 4.77. The zero-order chi connectivity index (χ0) is 19.7. The number of halogens is 1. The van der Waals surface area contributed by atoms with Crippen LogP contribution in [-0.4, -0.2) is 10.9 Å². The molecular weight excluding hydrogens is 353 g/mol. The standard InChI is InChI=1S/C23H20FN3O/c1-15-8-9-18-14-21(23(28)25-16(2)17-6-4-3-5-7-17)26-22(18)27(15)20-12-10-19(24)11-13-20/h3-14,16,26H,1H2,2H3,(H,25,28). The Bertz CT molecular complexity index is 1050. The van der Waals surface area contributed by atoms with Gasteiger partial charge in [0.2, 0.25) is 0 Å². The minimum absolute atomic E-state index is 0.118. The van der Waals surface area contributed by atoms with Gasteiger partial charge in [0, 0.05) is 16.9 Å². The van der Waals surface area contributed by atoms with E-state index in [1.165, 1.54) is 12.1 Å². The average molecular weight is 373 g/mol. The molecule has 0 saturated heterocycles. The lowest BCUT2D eigenvalue weighted by atomic mass is 10.1. The molecule has 1 aliphatic heterocycles. The number of fused-ring (bicyclic) bond motifs is 1. The van der Waals surface area contributed by atoms with Gasteiger partial charge >= 0.3 is 0 Å². The van der Waals surface area contributed by atoms with Crippen molar-refractivity contribution in [1.82, 2.24) is 10.3 Å². The van der Waals surface area contributed by atoms with Gasteiger partial charge in [-0.05, 0) is 55.0 Å². The number of hydrogen-bond acceptors (Lipinski definition) is 2. The monoisotopic (exact) mass is 373 g/mol. The molecule has 2 N–H and O–H groups in total. The summed E-state index contributed by atoms with van der Waals surface area (Å²) in [6, 6.07) is 17.7. The van der Waals surface area contributed by atoms with Gasteiger partial charge in [0.1, 0.15) is 17.3 Å². The maximum atomic E-state index is 13.3. The Labute approximate surface area is 163 Å². The molecule has 4 nitrogen and oxygen atoms in total. The highest BCUT2D eigenvalue weighted by Gasteiger charge is 2.23. The average Bonchev–Trinajstić information content (AvgIpc) is 3.14. The molecule has 0 spiro atoms. The van der Waals surface area contributed by atoms with Gasteiger partial charge in [-0.3, -0.25) is 9.69 Å². The van der Waals surface area contributed by atoms with E-state index in [2.05, 4.69) is 16.9 Å². The molecule has 2 aromatic carbocycles. The second kappa shape index (κ2) is 7.19. The van der Waals surface area contributed by atoms with Gasteiger partial charge in [0.15, 0.2) is 0 Å². The molecule has 0 bridgehead atoms. The lowest BCUT2D eigenvalue weighted by Crippen LogP contribution is -2.27. The zero-order valence-corrected chi connectivity index (χ0v) is 15.4. The Morgan fingerprint density at radius 3 is 2.54 bits per heavy atom. The lowest BCUT2D eigenvalue weighted by Gasteiger charge is -2.27. The third kappa shape index (κ3) is 3.34. The fourth-order valence-corrected chi connectivity index (χ4v) is 3.28. The lowest BCUT2D eigenvalue weighted by molar-refractivity contribution is 0.0935. The Hall–Kier alpha value is -3.60. The smallest absolute Gasteiger partial charge is 0.268 e. The molecule has 3 aromatic rings. The van der Waals surface area contributed by atoms with Crippen molar-refractivity contribution >= 4 is 23.5 Å². The van der Waals surface area contributed by atoms with Crippen LogP contribution in [0.1, 0.15) is 34.6 Å². The third-order valence-electron chi connectivity index (χ3n) is 4.77. The van der Waals surface area contributed by atoms with Crippen LogP contribution in [0, 0.1) is 5.82 Å². The first-order chi connectivity index (χ1) is 13.5. The molecular formula is C23H20FN3O. The summed E-state index contributed by atoms with van der Waals surface area (Å²) in [5.74, 6) is 0.240. The highest BCUT2D eigenvalue weighted by atomic mass is 19.1. The summed E-state index contributed by atoms with van der Waals surface area (Å²) in [5.41, 5.74) is 3.86. The van der Waals surface area contributed by atoms with E-state index in [-0.39, 0.29) is 17.8 Å². The topological polar surface area (TPSA) is 48.1 Å². The Morgan fingerprint density at radius 2 is 1.82 bits per heavy atom. The number of rotatable bonds is 4. The van der Waals surface area contributed by atoms with E-state index in [1.807, 2.05) is 60.4 Å². The predicted molar refractivity (Wildman–Crippen MR) is 110 cm³/mol. The van der Waals surface area contributed by atoms with Gasteiger partial charge in [0.25, 0.3) is 5.91 Å². The zero-order valence-electron chi connectivity index (χ0n) is 15.4. The Morgan fingerprint density at radius 1 is 1.11 bits per heavy atom. The van der Waals surface area contributed by atoms with Crippen LogP contribution in [0.25, 0.3) is 6.08 Å². The van der Waals surface area contributed by atoms with E-state index in [0.717, 1.165) is 28.3 Å². The van der Waals surface area contributed by atoms with E-state index in [1.54, 1.807) is 12.1 Å². The first kappa shape index (κ1) is 17.8. The van der Waals surface area contributed by atoms with Crippen LogP contribution >= 0.6 is 0 Å². The van der Waals surface area contributed by atoms with Crippen molar-refractivity contribution in [3.63, 3.8) is 0 Å². The first-order valence-electron chi connectivity index (χ1n) is 9.04. The highest BCUT2D eigenvalue weighted by Crippen LogP contribution is 2.36. The number of hydrogen-bond donors (Lipinski definition) is 2. The molecule has 1 atom stereocenters. The minimum Gasteiger partial charge on any atom is -0.344 e. The molecule has 0 radical (unpaired) electrons. The van der Waals surface area contributed by atoms with Gasteiger partial charge in [-0.2, -0.15) is 0 Å². The highest BCUT2D eigenvalue weighted by molar-refractivity contribution is 5.96. The molecule has 1 aliphatic rings. The summed E-state index contributed by atoms with van der Waals surface area (Å²) in [6.45, 7) is 6.01.